The summed E-state index contributed by atoms with van der Waals surface area (Å²) in [6.45, 7) is 7.95. The zero-order chi connectivity index (χ0) is 19.9. The molecule has 27 heavy (non-hydrogen) atoms. The molecular weight excluding hydrogens is 348 g/mol. The van der Waals surface area contributed by atoms with Crippen molar-refractivity contribution in [1.29, 1.82) is 0 Å². The van der Waals surface area contributed by atoms with Crippen LogP contribution in [0.1, 0.15) is 47.0 Å². The second kappa shape index (κ2) is 5.99. The number of hydrogen-bond acceptors (Lipinski definition) is 6. The van der Waals surface area contributed by atoms with Gasteiger partial charge in [0.05, 0.1) is 30.8 Å². The van der Waals surface area contributed by atoms with E-state index in [0.29, 0.717) is 12.3 Å². The van der Waals surface area contributed by atoms with Crippen molar-refractivity contribution in [3.8, 4) is 0 Å². The van der Waals surface area contributed by atoms with Gasteiger partial charge in [-0.1, -0.05) is 27.7 Å². The lowest BCUT2D eigenvalue weighted by molar-refractivity contribution is -0.153. The number of methoxy groups -OCH3 is 1. The predicted octanol–water partition coefficient (Wildman–Crippen LogP) is 1.15. The molecule has 6 nitrogen and oxygen atoms in total. The molecule has 0 aromatic heterocycles. The molecule has 0 aromatic rings. The molecule has 4 fully saturated rings. The predicted molar refractivity (Wildman–Crippen MR) is 97.9 cm³/mol. The molecule has 4 rings (SSSR count). The van der Waals surface area contributed by atoms with Gasteiger partial charge < -0.3 is 24.8 Å². The first-order valence-corrected chi connectivity index (χ1v) is 10.3. The molecule has 1 saturated heterocycles. The molecule has 0 bridgehead atoms. The Labute approximate surface area is 161 Å². The van der Waals surface area contributed by atoms with Crippen LogP contribution in [0.15, 0.2) is 0 Å². The van der Waals surface area contributed by atoms with Crippen molar-refractivity contribution in [3.63, 3.8) is 0 Å². The minimum atomic E-state index is -1.64. The summed E-state index contributed by atoms with van der Waals surface area (Å²) < 4.78 is 11.7. The van der Waals surface area contributed by atoms with Crippen molar-refractivity contribution in [2.45, 2.75) is 76.5 Å². The lowest BCUT2D eigenvalue weighted by atomic mass is 9.74. The molecule has 0 amide bonds. The van der Waals surface area contributed by atoms with Crippen molar-refractivity contribution in [2.75, 3.05) is 13.7 Å². The Hall–Kier alpha value is -0.530. The molecular formula is C21H34O6. The zero-order valence-electron chi connectivity index (χ0n) is 17.0. The lowest BCUT2D eigenvalue weighted by Crippen LogP contribution is -2.53. The topological polar surface area (TPSA) is 99.5 Å². The van der Waals surface area contributed by atoms with Gasteiger partial charge in [-0.3, -0.25) is 4.79 Å². The maximum Gasteiger partial charge on any atom is 0.170 e. The van der Waals surface area contributed by atoms with Gasteiger partial charge in [0.15, 0.2) is 5.78 Å². The van der Waals surface area contributed by atoms with Gasteiger partial charge in [-0.25, -0.2) is 0 Å². The first-order valence-electron chi connectivity index (χ1n) is 10.3. The maximum atomic E-state index is 13.5. The summed E-state index contributed by atoms with van der Waals surface area (Å²) >= 11 is 0. The lowest BCUT2D eigenvalue weighted by Gasteiger charge is -2.34. The summed E-state index contributed by atoms with van der Waals surface area (Å²) in [6, 6.07) is 0. The smallest absolute Gasteiger partial charge is 0.170 e. The van der Waals surface area contributed by atoms with E-state index in [1.807, 2.05) is 13.8 Å². The molecule has 0 spiro atoms. The quantitative estimate of drug-likeness (QED) is 0.620. The first kappa shape index (κ1) is 19.8. The number of hydrogen-bond donors (Lipinski definition) is 3. The van der Waals surface area contributed by atoms with Crippen molar-refractivity contribution in [3.05, 3.63) is 0 Å². The number of ketones is 1. The fourth-order valence-corrected chi connectivity index (χ4v) is 6.70. The van der Waals surface area contributed by atoms with Gasteiger partial charge in [-0.05, 0) is 42.4 Å². The molecule has 154 valence electrons. The summed E-state index contributed by atoms with van der Waals surface area (Å²) in [5, 5.41) is 32.4. The highest BCUT2D eigenvalue weighted by molar-refractivity contribution is 5.90. The van der Waals surface area contributed by atoms with Crippen molar-refractivity contribution >= 4 is 5.78 Å². The van der Waals surface area contributed by atoms with Gasteiger partial charge >= 0.3 is 0 Å². The number of aliphatic hydroxyl groups is 3. The van der Waals surface area contributed by atoms with E-state index in [9.17, 15) is 20.1 Å². The maximum absolute atomic E-state index is 13.5. The van der Waals surface area contributed by atoms with Crippen LogP contribution in [0.25, 0.3) is 0 Å². The Balaban J connectivity index is 1.76. The van der Waals surface area contributed by atoms with Gasteiger partial charge in [0.25, 0.3) is 0 Å². The van der Waals surface area contributed by atoms with Gasteiger partial charge in [0.1, 0.15) is 11.2 Å². The third-order valence-electron chi connectivity index (χ3n) is 8.53. The average molecular weight is 382 g/mol. The summed E-state index contributed by atoms with van der Waals surface area (Å²) in [5.41, 5.74) is -2.33. The van der Waals surface area contributed by atoms with Crippen LogP contribution in [0.4, 0.5) is 0 Å². The van der Waals surface area contributed by atoms with Gasteiger partial charge in [-0.2, -0.15) is 0 Å². The SMILES string of the molecule is CO[C@@H]1[C@@H]2[C@H](CC[C@]3(CO)O[C@H]3[C@H]3[C@@H](O)[C@@H](C)C[C@]3(O)C(=O)[C@@H]1C)C2(C)C. The number of ether oxygens (including phenoxy) is 2. The Morgan fingerprint density at radius 3 is 2.52 bits per heavy atom. The van der Waals surface area contributed by atoms with E-state index in [2.05, 4.69) is 13.8 Å². The van der Waals surface area contributed by atoms with Crippen LogP contribution in [-0.4, -0.2) is 64.3 Å². The molecule has 3 saturated carbocycles. The highest BCUT2D eigenvalue weighted by atomic mass is 16.6. The second-order valence-corrected chi connectivity index (χ2v) is 10.2. The van der Waals surface area contributed by atoms with Crippen LogP contribution in [0.2, 0.25) is 0 Å². The third kappa shape index (κ3) is 2.53. The number of rotatable bonds is 2. The molecule has 10 atom stereocenters. The minimum Gasteiger partial charge on any atom is -0.393 e. The first-order chi connectivity index (χ1) is 12.5. The molecule has 1 aliphatic heterocycles. The normalized spacial score (nSPS) is 56.5. The third-order valence-corrected chi connectivity index (χ3v) is 8.53. The van der Waals surface area contributed by atoms with Gasteiger partial charge in [0, 0.05) is 13.0 Å². The Kier molecular flexibility index (Phi) is 4.38. The fourth-order valence-electron chi connectivity index (χ4n) is 6.70. The number of fused-ring (bicyclic) bond motifs is 4. The van der Waals surface area contributed by atoms with E-state index < -0.39 is 35.2 Å². The largest absolute Gasteiger partial charge is 0.393 e. The standard InChI is InChI=1S/C21H34O6/c1-10-8-21(25)14(15(10)23)18-20(9-22,27-18)7-6-12-13(19(12,3)4)16(26-5)11(2)17(21)24/h10-16,18,22-23,25H,6-9H2,1-5H3/t10-,11+,12-,13-,14+,15-,16-,18-,20+,21+/m0/s1. The second-order valence-electron chi connectivity index (χ2n) is 10.2. The number of Topliss-reactive ketones (excluding diaryl/α,β-unsaturated/α-hetero) is 1. The Bertz CT molecular complexity index is 634. The van der Waals surface area contributed by atoms with Crippen LogP contribution >= 0.6 is 0 Å². The zero-order valence-corrected chi connectivity index (χ0v) is 17.0. The number of carbonyl (C=O) groups is 1. The van der Waals surface area contributed by atoms with E-state index in [-0.39, 0.29) is 42.2 Å². The molecule has 3 aliphatic carbocycles. The van der Waals surface area contributed by atoms with E-state index in [4.69, 9.17) is 9.47 Å². The van der Waals surface area contributed by atoms with Crippen LogP contribution in [-0.2, 0) is 14.3 Å². The Morgan fingerprint density at radius 2 is 1.93 bits per heavy atom. The molecule has 0 aromatic carbocycles. The fraction of sp³-hybridized carbons (Fsp3) is 0.952. The van der Waals surface area contributed by atoms with E-state index in [1.54, 1.807) is 7.11 Å². The van der Waals surface area contributed by atoms with Crippen molar-refractivity contribution in [1.82, 2.24) is 0 Å². The molecule has 1 heterocycles. The average Bonchev–Trinajstić information content (AvgIpc) is 3.43. The monoisotopic (exact) mass is 382 g/mol. The van der Waals surface area contributed by atoms with Crippen LogP contribution in [0.5, 0.6) is 0 Å². The molecule has 0 radical (unpaired) electrons. The molecule has 6 heteroatoms. The minimum absolute atomic E-state index is 0.0555. The van der Waals surface area contributed by atoms with Gasteiger partial charge in [-0.15, -0.1) is 0 Å². The number of aliphatic hydroxyl groups excluding tert-OH is 2. The Morgan fingerprint density at radius 1 is 1.26 bits per heavy atom. The molecule has 0 unspecified atom stereocenters. The van der Waals surface area contributed by atoms with Crippen molar-refractivity contribution < 1.29 is 29.6 Å². The summed E-state index contributed by atoms with van der Waals surface area (Å²) in [7, 11) is 1.64. The van der Waals surface area contributed by atoms with E-state index in [0.717, 1.165) is 6.42 Å². The number of carbonyl (C=O) groups excluding carboxylic acids is 1. The van der Waals surface area contributed by atoms with Crippen LogP contribution in [0, 0.1) is 35.0 Å². The summed E-state index contributed by atoms with van der Waals surface area (Å²) in [5.74, 6) is -0.996. The summed E-state index contributed by atoms with van der Waals surface area (Å²) in [4.78, 5) is 13.5. The summed E-state index contributed by atoms with van der Waals surface area (Å²) in [6.07, 6.45) is 0.214. The molecule has 4 aliphatic rings. The highest BCUT2D eigenvalue weighted by Gasteiger charge is 2.72. The van der Waals surface area contributed by atoms with Crippen molar-refractivity contribution in [2.24, 2.45) is 35.0 Å². The van der Waals surface area contributed by atoms with E-state index in [1.165, 1.54) is 0 Å². The van der Waals surface area contributed by atoms with Crippen LogP contribution < -0.4 is 0 Å². The van der Waals surface area contributed by atoms with Gasteiger partial charge in [0.2, 0.25) is 0 Å². The number of epoxide rings is 1. The highest BCUT2D eigenvalue weighted by Crippen LogP contribution is 2.66. The van der Waals surface area contributed by atoms with E-state index >= 15 is 0 Å². The van der Waals surface area contributed by atoms with Crippen LogP contribution in [0.3, 0.4) is 0 Å². The molecule has 3 N–H and O–H groups in total.